The van der Waals surface area contributed by atoms with E-state index in [1.807, 2.05) is 24.3 Å². The normalized spacial score (nSPS) is 10.3. The summed E-state index contributed by atoms with van der Waals surface area (Å²) in [5.74, 6) is 0.0296. The van der Waals surface area contributed by atoms with E-state index in [1.54, 1.807) is 12.0 Å². The SMILES string of the molecule is COC(=O)CN(CCc1ccc(OC)cc1)CC(=O)OC. The summed E-state index contributed by atoms with van der Waals surface area (Å²) < 4.78 is 14.4. The highest BCUT2D eigenvalue weighted by molar-refractivity contribution is 5.74. The summed E-state index contributed by atoms with van der Waals surface area (Å²) in [4.78, 5) is 24.4. The van der Waals surface area contributed by atoms with Crippen molar-refractivity contribution in [1.29, 1.82) is 0 Å². The number of nitrogens with zero attached hydrogens (tertiary/aromatic N) is 1. The van der Waals surface area contributed by atoms with Crippen molar-refractivity contribution in [3.8, 4) is 5.75 Å². The molecule has 0 bridgehead atoms. The van der Waals surface area contributed by atoms with Crippen LogP contribution in [0.1, 0.15) is 5.56 Å². The average molecular weight is 295 g/mol. The van der Waals surface area contributed by atoms with Gasteiger partial charge in [-0.2, -0.15) is 0 Å². The van der Waals surface area contributed by atoms with Crippen molar-refractivity contribution in [3.05, 3.63) is 29.8 Å². The lowest BCUT2D eigenvalue weighted by molar-refractivity contribution is -0.145. The van der Waals surface area contributed by atoms with E-state index in [9.17, 15) is 9.59 Å². The van der Waals surface area contributed by atoms with Gasteiger partial charge in [-0.15, -0.1) is 0 Å². The van der Waals surface area contributed by atoms with Crippen molar-refractivity contribution in [2.45, 2.75) is 6.42 Å². The zero-order valence-corrected chi connectivity index (χ0v) is 12.6. The van der Waals surface area contributed by atoms with E-state index in [1.165, 1.54) is 14.2 Å². The number of esters is 2. The number of carbonyl (C=O) groups is 2. The van der Waals surface area contributed by atoms with Gasteiger partial charge in [0, 0.05) is 6.54 Å². The quantitative estimate of drug-likeness (QED) is 0.664. The van der Waals surface area contributed by atoms with E-state index in [-0.39, 0.29) is 25.0 Å². The maximum absolute atomic E-state index is 11.4. The zero-order valence-electron chi connectivity index (χ0n) is 12.6. The number of carbonyl (C=O) groups excluding carboxylic acids is 2. The molecule has 0 fully saturated rings. The molecular weight excluding hydrogens is 274 g/mol. The van der Waals surface area contributed by atoms with Gasteiger partial charge in [-0.25, -0.2) is 0 Å². The van der Waals surface area contributed by atoms with Gasteiger partial charge >= 0.3 is 11.9 Å². The van der Waals surface area contributed by atoms with Crippen LogP contribution < -0.4 is 4.74 Å². The highest BCUT2D eigenvalue weighted by Crippen LogP contribution is 2.12. The van der Waals surface area contributed by atoms with Crippen LogP contribution in [-0.2, 0) is 25.5 Å². The molecule has 0 heterocycles. The summed E-state index contributed by atoms with van der Waals surface area (Å²) in [7, 11) is 4.26. The Kier molecular flexibility index (Phi) is 7.25. The molecule has 0 radical (unpaired) electrons. The zero-order chi connectivity index (χ0) is 15.7. The fourth-order valence-electron chi connectivity index (χ4n) is 1.79. The van der Waals surface area contributed by atoms with Gasteiger partial charge in [0.2, 0.25) is 0 Å². The van der Waals surface area contributed by atoms with Crippen LogP contribution in [0.2, 0.25) is 0 Å². The van der Waals surface area contributed by atoms with Gasteiger partial charge in [0.25, 0.3) is 0 Å². The second-order valence-electron chi connectivity index (χ2n) is 4.46. The van der Waals surface area contributed by atoms with E-state index in [0.29, 0.717) is 13.0 Å². The molecule has 1 aromatic carbocycles. The molecular formula is C15H21NO5. The third-order valence-corrected chi connectivity index (χ3v) is 3.04. The molecule has 0 aromatic heterocycles. The lowest BCUT2D eigenvalue weighted by atomic mass is 10.1. The van der Waals surface area contributed by atoms with Crippen LogP contribution in [0.25, 0.3) is 0 Å². The Morgan fingerprint density at radius 1 is 0.952 bits per heavy atom. The van der Waals surface area contributed by atoms with Crippen molar-refractivity contribution >= 4 is 11.9 Å². The predicted molar refractivity (Wildman–Crippen MR) is 77.2 cm³/mol. The maximum Gasteiger partial charge on any atom is 0.319 e. The molecule has 0 aliphatic heterocycles. The molecule has 6 heteroatoms. The van der Waals surface area contributed by atoms with Crippen LogP contribution >= 0.6 is 0 Å². The van der Waals surface area contributed by atoms with Gasteiger partial charge < -0.3 is 14.2 Å². The van der Waals surface area contributed by atoms with Gasteiger partial charge in [-0.05, 0) is 24.1 Å². The van der Waals surface area contributed by atoms with Crippen LogP contribution in [0.5, 0.6) is 5.75 Å². The van der Waals surface area contributed by atoms with Crippen molar-refractivity contribution in [3.63, 3.8) is 0 Å². The third-order valence-electron chi connectivity index (χ3n) is 3.04. The fourth-order valence-corrected chi connectivity index (χ4v) is 1.79. The van der Waals surface area contributed by atoms with Gasteiger partial charge in [0.15, 0.2) is 0 Å². The summed E-state index contributed by atoms with van der Waals surface area (Å²) in [6.45, 7) is 0.667. The Labute approximate surface area is 124 Å². The molecule has 0 saturated carbocycles. The molecule has 0 atom stereocenters. The molecule has 0 aliphatic carbocycles. The Hall–Kier alpha value is -2.08. The summed E-state index contributed by atoms with van der Waals surface area (Å²) in [5, 5.41) is 0. The van der Waals surface area contributed by atoms with Gasteiger partial charge in [0.1, 0.15) is 5.75 Å². The molecule has 1 rings (SSSR count). The van der Waals surface area contributed by atoms with Gasteiger partial charge in [-0.1, -0.05) is 12.1 Å². The Morgan fingerprint density at radius 3 is 1.90 bits per heavy atom. The molecule has 21 heavy (non-hydrogen) atoms. The monoisotopic (exact) mass is 295 g/mol. The van der Waals surface area contributed by atoms with Crippen LogP contribution in [0.4, 0.5) is 0 Å². The molecule has 1 aromatic rings. The van der Waals surface area contributed by atoms with Crippen molar-refractivity contribution < 1.29 is 23.8 Å². The van der Waals surface area contributed by atoms with E-state index in [2.05, 4.69) is 9.47 Å². The first-order valence-electron chi connectivity index (χ1n) is 6.58. The number of benzene rings is 1. The molecule has 0 aliphatic rings. The van der Waals surface area contributed by atoms with Crippen LogP contribution in [0.3, 0.4) is 0 Å². The number of hydrogen-bond donors (Lipinski definition) is 0. The van der Waals surface area contributed by atoms with Crippen LogP contribution in [0.15, 0.2) is 24.3 Å². The number of hydrogen-bond acceptors (Lipinski definition) is 6. The Bertz CT molecular complexity index is 440. The standard InChI is InChI=1S/C15H21NO5/c1-19-13-6-4-12(5-7-13)8-9-16(10-14(17)20-2)11-15(18)21-3/h4-7H,8-11H2,1-3H3. The number of ether oxygens (including phenoxy) is 3. The smallest absolute Gasteiger partial charge is 0.319 e. The summed E-state index contributed by atoms with van der Waals surface area (Å²) >= 11 is 0. The van der Waals surface area contributed by atoms with Crippen molar-refractivity contribution in [2.75, 3.05) is 41.0 Å². The van der Waals surface area contributed by atoms with Gasteiger partial charge in [-0.3, -0.25) is 14.5 Å². The van der Waals surface area contributed by atoms with Crippen molar-refractivity contribution in [2.24, 2.45) is 0 Å². The lowest BCUT2D eigenvalue weighted by Gasteiger charge is -2.19. The predicted octanol–water partition coefficient (Wildman–Crippen LogP) is 0.886. The van der Waals surface area contributed by atoms with Crippen LogP contribution in [-0.4, -0.2) is 57.8 Å². The van der Waals surface area contributed by atoms with E-state index in [0.717, 1.165) is 11.3 Å². The average Bonchev–Trinajstić information content (AvgIpc) is 2.52. The Balaban J connectivity index is 2.57. The van der Waals surface area contributed by atoms with E-state index < -0.39 is 0 Å². The highest BCUT2D eigenvalue weighted by atomic mass is 16.5. The first-order chi connectivity index (χ1) is 10.1. The van der Waals surface area contributed by atoms with E-state index in [4.69, 9.17) is 4.74 Å². The van der Waals surface area contributed by atoms with Crippen molar-refractivity contribution in [1.82, 2.24) is 4.90 Å². The number of rotatable bonds is 8. The summed E-state index contributed by atoms with van der Waals surface area (Å²) in [6.07, 6.45) is 0.706. The minimum absolute atomic E-state index is 0.0573. The molecule has 6 nitrogen and oxygen atoms in total. The van der Waals surface area contributed by atoms with Crippen LogP contribution in [0, 0.1) is 0 Å². The third kappa shape index (κ3) is 6.27. The second kappa shape index (κ2) is 8.97. The molecule has 0 amide bonds. The molecule has 116 valence electrons. The summed E-state index contributed by atoms with van der Waals surface area (Å²) in [5.41, 5.74) is 1.09. The first kappa shape index (κ1) is 17.0. The van der Waals surface area contributed by atoms with E-state index >= 15 is 0 Å². The van der Waals surface area contributed by atoms with Gasteiger partial charge in [0.05, 0.1) is 34.4 Å². The topological polar surface area (TPSA) is 65.1 Å². The highest BCUT2D eigenvalue weighted by Gasteiger charge is 2.15. The minimum atomic E-state index is -0.381. The lowest BCUT2D eigenvalue weighted by Crippen LogP contribution is -2.37. The first-order valence-corrected chi connectivity index (χ1v) is 6.58. The molecule has 0 saturated heterocycles. The maximum atomic E-state index is 11.4. The fraction of sp³-hybridized carbons (Fsp3) is 0.467. The minimum Gasteiger partial charge on any atom is -0.497 e. The summed E-state index contributed by atoms with van der Waals surface area (Å²) in [6, 6.07) is 7.65. The molecule has 0 N–H and O–H groups in total. The Morgan fingerprint density at radius 2 is 1.48 bits per heavy atom. The molecule has 0 spiro atoms. The number of methoxy groups -OCH3 is 3. The molecule has 0 unspecified atom stereocenters. The largest absolute Gasteiger partial charge is 0.497 e. The second-order valence-corrected chi connectivity index (χ2v) is 4.46.